The summed E-state index contributed by atoms with van der Waals surface area (Å²) in [4.78, 5) is 11.4. The molecule has 0 aromatic carbocycles. The first-order valence-corrected chi connectivity index (χ1v) is 7.46. The summed E-state index contributed by atoms with van der Waals surface area (Å²) in [6, 6.07) is 0. The van der Waals surface area contributed by atoms with E-state index in [4.69, 9.17) is 0 Å². The van der Waals surface area contributed by atoms with Gasteiger partial charge in [0.05, 0.1) is 0 Å². The standard InChI is InChI=1S/C12H20O2S/c1-9-11(13)6-7-12(9)15(14)8-10-4-2-3-5-10/h9-10,12H,2-8H2,1H3. The zero-order valence-corrected chi connectivity index (χ0v) is 10.2. The van der Waals surface area contributed by atoms with Crippen LogP contribution in [0.5, 0.6) is 0 Å². The van der Waals surface area contributed by atoms with Gasteiger partial charge >= 0.3 is 0 Å². The molecule has 2 saturated carbocycles. The number of carbonyl (C=O) groups is 1. The molecule has 0 spiro atoms. The Morgan fingerprint density at radius 2 is 1.93 bits per heavy atom. The van der Waals surface area contributed by atoms with E-state index in [2.05, 4.69) is 0 Å². The van der Waals surface area contributed by atoms with Crippen molar-refractivity contribution in [3.63, 3.8) is 0 Å². The van der Waals surface area contributed by atoms with Crippen molar-refractivity contribution < 1.29 is 9.00 Å². The Morgan fingerprint density at radius 3 is 2.47 bits per heavy atom. The van der Waals surface area contributed by atoms with Crippen LogP contribution in [-0.4, -0.2) is 21.0 Å². The van der Waals surface area contributed by atoms with E-state index in [1.54, 1.807) is 0 Å². The number of hydrogen-bond donors (Lipinski definition) is 0. The first-order valence-electron chi connectivity index (χ1n) is 6.08. The summed E-state index contributed by atoms with van der Waals surface area (Å²) in [5, 5.41) is 0.165. The third kappa shape index (κ3) is 2.49. The Morgan fingerprint density at radius 1 is 1.27 bits per heavy atom. The van der Waals surface area contributed by atoms with Crippen molar-refractivity contribution in [1.82, 2.24) is 0 Å². The van der Waals surface area contributed by atoms with Crippen LogP contribution < -0.4 is 0 Å². The highest BCUT2D eigenvalue weighted by molar-refractivity contribution is 7.85. The van der Waals surface area contributed by atoms with Crippen LogP contribution in [0.1, 0.15) is 45.4 Å². The summed E-state index contributed by atoms with van der Waals surface area (Å²) in [5.74, 6) is 1.89. The van der Waals surface area contributed by atoms with E-state index in [0.717, 1.165) is 12.2 Å². The van der Waals surface area contributed by atoms with Crippen molar-refractivity contribution in [3.8, 4) is 0 Å². The molecule has 2 aliphatic rings. The van der Waals surface area contributed by atoms with Gasteiger partial charge in [-0.2, -0.15) is 0 Å². The fourth-order valence-corrected chi connectivity index (χ4v) is 4.89. The SMILES string of the molecule is CC1C(=O)CCC1S(=O)CC1CCCC1. The van der Waals surface area contributed by atoms with Crippen molar-refractivity contribution >= 4 is 16.6 Å². The van der Waals surface area contributed by atoms with Crippen LogP contribution in [0.4, 0.5) is 0 Å². The Bertz CT molecular complexity index is 269. The van der Waals surface area contributed by atoms with Gasteiger partial charge in [-0.15, -0.1) is 0 Å². The van der Waals surface area contributed by atoms with Crippen LogP contribution in [0.2, 0.25) is 0 Å². The van der Waals surface area contributed by atoms with Crippen LogP contribution in [0.25, 0.3) is 0 Å². The summed E-state index contributed by atoms with van der Waals surface area (Å²) in [7, 11) is -0.757. The minimum atomic E-state index is -0.757. The quantitative estimate of drug-likeness (QED) is 0.742. The molecule has 0 aliphatic heterocycles. The molecule has 0 heterocycles. The van der Waals surface area contributed by atoms with Crippen LogP contribution in [-0.2, 0) is 15.6 Å². The maximum absolute atomic E-state index is 12.1. The number of carbonyl (C=O) groups excluding carboxylic acids is 1. The summed E-state index contributed by atoms with van der Waals surface area (Å²) in [5.41, 5.74) is 0. The lowest BCUT2D eigenvalue weighted by atomic mass is 10.1. The topological polar surface area (TPSA) is 34.1 Å². The molecule has 0 saturated heterocycles. The summed E-state index contributed by atoms with van der Waals surface area (Å²) < 4.78 is 12.1. The second-order valence-corrected chi connectivity index (χ2v) is 6.73. The van der Waals surface area contributed by atoms with Gasteiger partial charge in [0.25, 0.3) is 0 Å². The lowest BCUT2D eigenvalue weighted by Gasteiger charge is -2.16. The molecule has 3 atom stereocenters. The highest BCUT2D eigenvalue weighted by atomic mass is 32.2. The van der Waals surface area contributed by atoms with Crippen molar-refractivity contribution in [1.29, 1.82) is 0 Å². The smallest absolute Gasteiger partial charge is 0.136 e. The first-order chi connectivity index (χ1) is 7.18. The molecule has 2 aliphatic carbocycles. The minimum Gasteiger partial charge on any atom is -0.299 e. The Hall–Kier alpha value is -0.180. The van der Waals surface area contributed by atoms with Gasteiger partial charge < -0.3 is 0 Å². The monoisotopic (exact) mass is 228 g/mol. The van der Waals surface area contributed by atoms with Gasteiger partial charge in [0.2, 0.25) is 0 Å². The van der Waals surface area contributed by atoms with Crippen molar-refractivity contribution in [2.75, 3.05) is 5.75 Å². The first kappa shape index (κ1) is 11.3. The minimum absolute atomic E-state index is 0.0484. The van der Waals surface area contributed by atoms with E-state index in [1.807, 2.05) is 6.92 Å². The largest absolute Gasteiger partial charge is 0.299 e. The van der Waals surface area contributed by atoms with E-state index in [-0.39, 0.29) is 11.2 Å². The predicted octanol–water partition coefficient (Wildman–Crippen LogP) is 2.29. The van der Waals surface area contributed by atoms with Gasteiger partial charge in [0, 0.05) is 34.1 Å². The molecule has 0 N–H and O–H groups in total. The summed E-state index contributed by atoms with van der Waals surface area (Å²) in [6.07, 6.45) is 6.63. The number of ketones is 1. The second-order valence-electron chi connectivity index (χ2n) is 5.03. The third-order valence-corrected chi connectivity index (χ3v) is 6.07. The average Bonchev–Trinajstić information content (AvgIpc) is 2.79. The fourth-order valence-electron chi connectivity index (χ4n) is 2.86. The van der Waals surface area contributed by atoms with Crippen molar-refractivity contribution in [2.45, 2.75) is 50.7 Å². The molecule has 15 heavy (non-hydrogen) atoms. The normalized spacial score (nSPS) is 34.9. The van der Waals surface area contributed by atoms with E-state index in [0.29, 0.717) is 18.1 Å². The predicted molar refractivity (Wildman–Crippen MR) is 62.2 cm³/mol. The highest BCUT2D eigenvalue weighted by Gasteiger charge is 2.35. The van der Waals surface area contributed by atoms with E-state index in [1.165, 1.54) is 25.7 Å². The Kier molecular flexibility index (Phi) is 3.60. The Balaban J connectivity index is 1.87. The number of Topliss-reactive ketones (excluding diaryl/α,β-unsaturated/α-hetero) is 1. The van der Waals surface area contributed by atoms with Crippen LogP contribution in [0, 0.1) is 11.8 Å². The molecule has 3 heteroatoms. The molecule has 0 aromatic heterocycles. The molecule has 2 nitrogen and oxygen atoms in total. The van der Waals surface area contributed by atoms with Gasteiger partial charge in [0.15, 0.2) is 0 Å². The van der Waals surface area contributed by atoms with Gasteiger partial charge in [-0.3, -0.25) is 9.00 Å². The molecular formula is C12H20O2S. The second kappa shape index (κ2) is 4.77. The highest BCUT2D eigenvalue weighted by Crippen LogP contribution is 2.31. The molecule has 2 fully saturated rings. The summed E-state index contributed by atoms with van der Waals surface area (Å²) >= 11 is 0. The lowest BCUT2D eigenvalue weighted by Crippen LogP contribution is -2.25. The molecule has 0 aromatic rings. The molecule has 0 amide bonds. The summed E-state index contributed by atoms with van der Waals surface area (Å²) in [6.45, 7) is 1.95. The molecule has 0 radical (unpaired) electrons. The molecule has 3 unspecified atom stereocenters. The zero-order valence-electron chi connectivity index (χ0n) is 9.41. The van der Waals surface area contributed by atoms with Crippen molar-refractivity contribution in [3.05, 3.63) is 0 Å². The average molecular weight is 228 g/mol. The molecule has 2 rings (SSSR count). The van der Waals surface area contributed by atoms with Gasteiger partial charge in [0.1, 0.15) is 5.78 Å². The Labute approximate surface area is 94.3 Å². The van der Waals surface area contributed by atoms with Crippen LogP contribution in [0.15, 0.2) is 0 Å². The van der Waals surface area contributed by atoms with E-state index in [9.17, 15) is 9.00 Å². The van der Waals surface area contributed by atoms with Gasteiger partial charge in [-0.25, -0.2) is 0 Å². The van der Waals surface area contributed by atoms with E-state index >= 15 is 0 Å². The van der Waals surface area contributed by atoms with Crippen LogP contribution >= 0.6 is 0 Å². The number of hydrogen-bond acceptors (Lipinski definition) is 2. The van der Waals surface area contributed by atoms with Crippen molar-refractivity contribution in [2.24, 2.45) is 11.8 Å². The maximum Gasteiger partial charge on any atom is 0.136 e. The van der Waals surface area contributed by atoms with Crippen LogP contribution in [0.3, 0.4) is 0 Å². The van der Waals surface area contributed by atoms with Gasteiger partial charge in [-0.1, -0.05) is 19.8 Å². The molecule has 86 valence electrons. The third-order valence-electron chi connectivity index (χ3n) is 3.95. The zero-order chi connectivity index (χ0) is 10.8. The number of rotatable bonds is 3. The van der Waals surface area contributed by atoms with E-state index < -0.39 is 10.8 Å². The molecular weight excluding hydrogens is 208 g/mol. The molecule has 0 bridgehead atoms. The van der Waals surface area contributed by atoms with Gasteiger partial charge in [-0.05, 0) is 25.2 Å². The fraction of sp³-hybridized carbons (Fsp3) is 0.917. The lowest BCUT2D eigenvalue weighted by molar-refractivity contribution is -0.120. The maximum atomic E-state index is 12.1.